The summed E-state index contributed by atoms with van der Waals surface area (Å²) in [6.45, 7) is 0. The SMILES string of the molecule is NC1(c2noc(Cc3csc(-c4ccc(Cl)s4)n3)n2)CCCC1. The molecule has 3 heterocycles. The molecule has 4 rings (SSSR count). The van der Waals surface area contributed by atoms with Gasteiger partial charge in [0.05, 0.1) is 26.9 Å². The highest BCUT2D eigenvalue weighted by Crippen LogP contribution is 2.35. The van der Waals surface area contributed by atoms with Gasteiger partial charge in [-0.25, -0.2) is 4.98 Å². The molecule has 0 aromatic carbocycles. The van der Waals surface area contributed by atoms with Crippen LogP contribution in [0.1, 0.15) is 43.1 Å². The van der Waals surface area contributed by atoms with Gasteiger partial charge in [-0.15, -0.1) is 22.7 Å². The van der Waals surface area contributed by atoms with E-state index >= 15 is 0 Å². The number of thiazole rings is 1. The van der Waals surface area contributed by atoms with E-state index in [9.17, 15) is 0 Å². The lowest BCUT2D eigenvalue weighted by molar-refractivity contribution is 0.352. The fraction of sp³-hybridized carbons (Fsp3) is 0.400. The minimum Gasteiger partial charge on any atom is -0.339 e. The first-order chi connectivity index (χ1) is 11.1. The Morgan fingerprint density at radius 1 is 1.26 bits per heavy atom. The number of nitrogens with zero attached hydrogens (tertiary/aromatic N) is 3. The molecule has 23 heavy (non-hydrogen) atoms. The van der Waals surface area contributed by atoms with E-state index in [0.29, 0.717) is 18.1 Å². The molecule has 1 fully saturated rings. The first kappa shape index (κ1) is 15.3. The normalized spacial score (nSPS) is 17.0. The van der Waals surface area contributed by atoms with E-state index in [1.54, 1.807) is 11.3 Å². The van der Waals surface area contributed by atoms with Gasteiger partial charge in [0.1, 0.15) is 5.01 Å². The molecule has 5 nitrogen and oxygen atoms in total. The quantitative estimate of drug-likeness (QED) is 0.747. The summed E-state index contributed by atoms with van der Waals surface area (Å²) in [6, 6.07) is 3.87. The number of halogens is 1. The molecule has 0 saturated heterocycles. The molecule has 3 aromatic rings. The van der Waals surface area contributed by atoms with Crippen molar-refractivity contribution in [2.24, 2.45) is 5.73 Å². The molecule has 0 atom stereocenters. The van der Waals surface area contributed by atoms with Crippen LogP contribution in [-0.4, -0.2) is 15.1 Å². The van der Waals surface area contributed by atoms with Crippen molar-refractivity contribution in [1.82, 2.24) is 15.1 Å². The van der Waals surface area contributed by atoms with E-state index in [-0.39, 0.29) is 0 Å². The maximum atomic E-state index is 6.36. The van der Waals surface area contributed by atoms with E-state index in [1.165, 1.54) is 11.3 Å². The number of hydrogen-bond donors (Lipinski definition) is 1. The van der Waals surface area contributed by atoms with Crippen LogP contribution in [0, 0.1) is 0 Å². The molecular weight excluding hydrogens is 352 g/mol. The summed E-state index contributed by atoms with van der Waals surface area (Å²) in [7, 11) is 0. The van der Waals surface area contributed by atoms with Gasteiger partial charge in [0.2, 0.25) is 5.89 Å². The summed E-state index contributed by atoms with van der Waals surface area (Å²) in [5, 5.41) is 7.06. The molecule has 0 spiro atoms. The lowest BCUT2D eigenvalue weighted by atomic mass is 9.99. The largest absolute Gasteiger partial charge is 0.339 e. The number of aromatic nitrogens is 3. The molecular formula is C15H15ClN4OS2. The molecule has 2 N–H and O–H groups in total. The average Bonchev–Trinajstić information content (AvgIpc) is 3.27. The van der Waals surface area contributed by atoms with Crippen molar-refractivity contribution in [3.05, 3.63) is 39.3 Å². The van der Waals surface area contributed by atoms with Crippen LogP contribution in [0.25, 0.3) is 9.88 Å². The third kappa shape index (κ3) is 3.06. The molecule has 1 saturated carbocycles. The van der Waals surface area contributed by atoms with Gasteiger partial charge in [-0.1, -0.05) is 29.6 Å². The third-order valence-corrected chi connectivity index (χ3v) is 6.37. The van der Waals surface area contributed by atoms with E-state index in [4.69, 9.17) is 21.9 Å². The van der Waals surface area contributed by atoms with E-state index in [2.05, 4.69) is 15.1 Å². The standard InChI is InChI=1S/C15H15ClN4OS2/c16-11-4-3-10(23-11)13-18-9(8-22-13)7-12-19-14(20-21-12)15(17)5-1-2-6-15/h3-4,8H,1-2,5-7,17H2. The molecule has 0 aliphatic heterocycles. The predicted octanol–water partition coefficient (Wildman–Crippen LogP) is 4.23. The molecule has 3 aromatic heterocycles. The van der Waals surface area contributed by atoms with Gasteiger partial charge in [0.15, 0.2) is 5.82 Å². The smallest absolute Gasteiger partial charge is 0.232 e. The molecule has 0 radical (unpaired) electrons. The van der Waals surface area contributed by atoms with Crippen molar-refractivity contribution in [3.8, 4) is 9.88 Å². The zero-order valence-corrected chi connectivity index (χ0v) is 14.7. The van der Waals surface area contributed by atoms with E-state index in [1.807, 2.05) is 17.5 Å². The minimum absolute atomic E-state index is 0.414. The van der Waals surface area contributed by atoms with Crippen LogP contribution in [0.4, 0.5) is 0 Å². The van der Waals surface area contributed by atoms with Crippen LogP contribution >= 0.6 is 34.3 Å². The lowest BCUT2D eigenvalue weighted by Crippen LogP contribution is -2.34. The van der Waals surface area contributed by atoms with Crippen LogP contribution in [-0.2, 0) is 12.0 Å². The predicted molar refractivity (Wildman–Crippen MR) is 91.9 cm³/mol. The Balaban J connectivity index is 1.51. The summed E-state index contributed by atoms with van der Waals surface area (Å²) >= 11 is 9.09. The van der Waals surface area contributed by atoms with Gasteiger partial charge in [-0.3, -0.25) is 0 Å². The molecule has 8 heteroatoms. The van der Waals surface area contributed by atoms with Crippen molar-refractivity contribution < 1.29 is 4.52 Å². The Bertz CT molecular complexity index is 819. The average molecular weight is 367 g/mol. The first-order valence-corrected chi connectivity index (χ1v) is 9.52. The Kier molecular flexibility index (Phi) is 3.96. The Hall–Kier alpha value is -1.28. The fourth-order valence-electron chi connectivity index (χ4n) is 2.84. The second-order valence-corrected chi connectivity index (χ2v) is 8.37. The van der Waals surface area contributed by atoms with Crippen LogP contribution < -0.4 is 5.73 Å². The number of thiophene rings is 1. The minimum atomic E-state index is -0.414. The molecule has 0 amide bonds. The second-order valence-electron chi connectivity index (χ2n) is 5.80. The second kappa shape index (κ2) is 5.98. The highest BCUT2D eigenvalue weighted by atomic mass is 35.5. The van der Waals surface area contributed by atoms with Gasteiger partial charge in [0, 0.05) is 5.38 Å². The monoisotopic (exact) mass is 366 g/mol. The third-order valence-electron chi connectivity index (χ3n) is 4.08. The fourth-order valence-corrected chi connectivity index (χ4v) is 4.78. The molecule has 1 aliphatic carbocycles. The van der Waals surface area contributed by atoms with Gasteiger partial charge in [-0.05, 0) is 25.0 Å². The highest BCUT2D eigenvalue weighted by molar-refractivity contribution is 7.23. The summed E-state index contributed by atoms with van der Waals surface area (Å²) in [6.07, 6.45) is 4.62. The van der Waals surface area contributed by atoms with Crippen molar-refractivity contribution in [1.29, 1.82) is 0 Å². The summed E-state index contributed by atoms with van der Waals surface area (Å²) in [5.41, 5.74) is 6.86. The van der Waals surface area contributed by atoms with Gasteiger partial charge < -0.3 is 10.3 Å². The van der Waals surface area contributed by atoms with Crippen LogP contribution in [0.5, 0.6) is 0 Å². The summed E-state index contributed by atoms with van der Waals surface area (Å²) in [4.78, 5) is 10.2. The van der Waals surface area contributed by atoms with Gasteiger partial charge in [0.25, 0.3) is 0 Å². The highest BCUT2D eigenvalue weighted by Gasteiger charge is 2.35. The van der Waals surface area contributed by atoms with E-state index in [0.717, 1.165) is 45.6 Å². The summed E-state index contributed by atoms with van der Waals surface area (Å²) in [5.74, 6) is 1.20. The maximum Gasteiger partial charge on any atom is 0.232 e. The molecule has 0 unspecified atom stereocenters. The van der Waals surface area contributed by atoms with Crippen molar-refractivity contribution in [2.45, 2.75) is 37.6 Å². The molecule has 120 valence electrons. The summed E-state index contributed by atoms with van der Waals surface area (Å²) < 4.78 is 6.14. The van der Waals surface area contributed by atoms with Crippen molar-refractivity contribution in [2.75, 3.05) is 0 Å². The van der Waals surface area contributed by atoms with Crippen LogP contribution in [0.2, 0.25) is 4.34 Å². The van der Waals surface area contributed by atoms with Gasteiger partial charge in [-0.2, -0.15) is 4.98 Å². The van der Waals surface area contributed by atoms with Crippen molar-refractivity contribution >= 4 is 34.3 Å². The maximum absolute atomic E-state index is 6.36. The Labute approximate surface area is 146 Å². The lowest BCUT2D eigenvalue weighted by Gasteiger charge is -2.17. The number of rotatable bonds is 4. The Morgan fingerprint density at radius 3 is 2.83 bits per heavy atom. The van der Waals surface area contributed by atoms with Crippen LogP contribution in [0.3, 0.4) is 0 Å². The van der Waals surface area contributed by atoms with E-state index < -0.39 is 5.54 Å². The number of hydrogen-bond acceptors (Lipinski definition) is 7. The Morgan fingerprint density at radius 2 is 2.09 bits per heavy atom. The topological polar surface area (TPSA) is 77.8 Å². The zero-order valence-electron chi connectivity index (χ0n) is 12.3. The number of nitrogens with two attached hydrogens (primary N) is 1. The first-order valence-electron chi connectivity index (χ1n) is 7.44. The zero-order chi connectivity index (χ0) is 15.9. The van der Waals surface area contributed by atoms with Crippen LogP contribution in [0.15, 0.2) is 22.0 Å². The van der Waals surface area contributed by atoms with Gasteiger partial charge >= 0.3 is 0 Å². The van der Waals surface area contributed by atoms with Crippen molar-refractivity contribution in [3.63, 3.8) is 0 Å². The molecule has 1 aliphatic rings. The molecule has 0 bridgehead atoms.